The van der Waals surface area contributed by atoms with Crippen LogP contribution in [0, 0.1) is 0 Å². The van der Waals surface area contributed by atoms with Crippen LogP contribution >= 0.6 is 11.6 Å². The summed E-state index contributed by atoms with van der Waals surface area (Å²) in [6, 6.07) is 7.10. The number of carbonyl (C=O) groups excluding carboxylic acids is 2. The van der Waals surface area contributed by atoms with E-state index in [9.17, 15) is 9.59 Å². The first-order chi connectivity index (χ1) is 7.08. The summed E-state index contributed by atoms with van der Waals surface area (Å²) < 4.78 is 0. The molecule has 0 amide bonds. The first kappa shape index (κ1) is 11.7. The van der Waals surface area contributed by atoms with Gasteiger partial charge in [0.15, 0.2) is 5.78 Å². The SMILES string of the molecule is CC(=O)CC(=O)C=Cc1ccc(Cl)cc1. The predicted molar refractivity (Wildman–Crippen MR) is 60.8 cm³/mol. The molecule has 0 spiro atoms. The molecular weight excluding hydrogens is 212 g/mol. The lowest BCUT2D eigenvalue weighted by Gasteiger charge is -1.93. The van der Waals surface area contributed by atoms with E-state index in [2.05, 4.69) is 0 Å². The van der Waals surface area contributed by atoms with E-state index >= 15 is 0 Å². The molecule has 0 unspecified atom stereocenters. The smallest absolute Gasteiger partial charge is 0.163 e. The van der Waals surface area contributed by atoms with Crippen LogP contribution in [0.15, 0.2) is 30.3 Å². The van der Waals surface area contributed by atoms with E-state index in [-0.39, 0.29) is 18.0 Å². The molecule has 0 atom stereocenters. The van der Waals surface area contributed by atoms with Gasteiger partial charge in [-0.25, -0.2) is 0 Å². The molecule has 1 rings (SSSR count). The van der Waals surface area contributed by atoms with Crippen molar-refractivity contribution in [2.24, 2.45) is 0 Å². The van der Waals surface area contributed by atoms with Crippen molar-refractivity contribution in [2.75, 3.05) is 0 Å². The first-order valence-corrected chi connectivity index (χ1v) is 4.91. The number of hydrogen-bond acceptors (Lipinski definition) is 2. The summed E-state index contributed by atoms with van der Waals surface area (Å²) in [4.78, 5) is 21.8. The maximum absolute atomic E-state index is 11.2. The average Bonchev–Trinajstić information content (AvgIpc) is 2.16. The zero-order valence-electron chi connectivity index (χ0n) is 8.37. The number of Topliss-reactive ketones (excluding diaryl/α,β-unsaturated/α-hetero) is 1. The molecule has 2 nitrogen and oxygen atoms in total. The second-order valence-electron chi connectivity index (χ2n) is 3.23. The van der Waals surface area contributed by atoms with Crippen LogP contribution in [0.2, 0.25) is 5.02 Å². The van der Waals surface area contributed by atoms with Crippen LogP contribution in [0.5, 0.6) is 0 Å². The van der Waals surface area contributed by atoms with Crippen LogP contribution in [-0.4, -0.2) is 11.6 Å². The highest BCUT2D eigenvalue weighted by molar-refractivity contribution is 6.30. The van der Waals surface area contributed by atoms with Crippen molar-refractivity contribution in [3.63, 3.8) is 0 Å². The van der Waals surface area contributed by atoms with Crippen LogP contribution < -0.4 is 0 Å². The van der Waals surface area contributed by atoms with E-state index in [4.69, 9.17) is 11.6 Å². The van der Waals surface area contributed by atoms with Gasteiger partial charge < -0.3 is 0 Å². The number of halogens is 1. The third kappa shape index (κ3) is 4.56. The van der Waals surface area contributed by atoms with Gasteiger partial charge in [0.1, 0.15) is 5.78 Å². The number of allylic oxidation sites excluding steroid dienone is 1. The molecule has 3 heteroatoms. The second kappa shape index (κ2) is 5.47. The summed E-state index contributed by atoms with van der Waals surface area (Å²) in [6.07, 6.45) is 3.04. The summed E-state index contributed by atoms with van der Waals surface area (Å²) in [5, 5.41) is 0.655. The van der Waals surface area contributed by atoms with Gasteiger partial charge in [-0.2, -0.15) is 0 Å². The Morgan fingerprint density at radius 2 is 1.87 bits per heavy atom. The number of rotatable bonds is 4. The minimum absolute atomic E-state index is 0.0376. The van der Waals surface area contributed by atoms with Crippen molar-refractivity contribution in [3.05, 3.63) is 40.9 Å². The minimum Gasteiger partial charge on any atom is -0.300 e. The number of ketones is 2. The molecule has 0 saturated carbocycles. The fraction of sp³-hybridized carbons (Fsp3) is 0.167. The molecule has 0 saturated heterocycles. The molecular formula is C12H11ClO2. The number of hydrogen-bond donors (Lipinski definition) is 0. The van der Waals surface area contributed by atoms with Gasteiger partial charge in [-0.05, 0) is 30.7 Å². The summed E-state index contributed by atoms with van der Waals surface area (Å²) in [5.74, 6) is -0.307. The number of carbonyl (C=O) groups is 2. The maximum atomic E-state index is 11.2. The highest BCUT2D eigenvalue weighted by atomic mass is 35.5. The molecule has 0 heterocycles. The molecule has 15 heavy (non-hydrogen) atoms. The van der Waals surface area contributed by atoms with E-state index in [1.54, 1.807) is 30.3 Å². The van der Waals surface area contributed by atoms with E-state index in [0.29, 0.717) is 5.02 Å². The zero-order valence-corrected chi connectivity index (χ0v) is 9.12. The van der Waals surface area contributed by atoms with Gasteiger partial charge in [0.2, 0.25) is 0 Å². The lowest BCUT2D eigenvalue weighted by molar-refractivity contribution is -0.123. The monoisotopic (exact) mass is 222 g/mol. The normalized spacial score (nSPS) is 10.5. The highest BCUT2D eigenvalue weighted by Crippen LogP contribution is 2.10. The number of benzene rings is 1. The van der Waals surface area contributed by atoms with Gasteiger partial charge in [-0.15, -0.1) is 0 Å². The fourth-order valence-electron chi connectivity index (χ4n) is 1.07. The van der Waals surface area contributed by atoms with Gasteiger partial charge in [0.05, 0.1) is 6.42 Å². The van der Waals surface area contributed by atoms with E-state index in [0.717, 1.165) is 5.56 Å². The minimum atomic E-state index is -0.183. The van der Waals surface area contributed by atoms with Gasteiger partial charge in [0, 0.05) is 5.02 Å². The molecule has 78 valence electrons. The topological polar surface area (TPSA) is 34.1 Å². The Hall–Kier alpha value is -1.41. The molecule has 1 aromatic rings. The molecule has 0 bridgehead atoms. The predicted octanol–water partition coefficient (Wildman–Crippen LogP) is 2.90. The highest BCUT2D eigenvalue weighted by Gasteiger charge is 2.00. The molecule has 0 N–H and O–H groups in total. The summed E-state index contributed by atoms with van der Waals surface area (Å²) in [6.45, 7) is 1.40. The fourth-order valence-corrected chi connectivity index (χ4v) is 1.19. The molecule has 0 aliphatic carbocycles. The van der Waals surface area contributed by atoms with Crippen LogP contribution in [-0.2, 0) is 9.59 Å². The maximum Gasteiger partial charge on any atom is 0.163 e. The lowest BCUT2D eigenvalue weighted by Crippen LogP contribution is -1.99. The molecule has 0 aliphatic rings. The lowest BCUT2D eigenvalue weighted by atomic mass is 10.1. The Bertz CT molecular complexity index is 391. The molecule has 0 radical (unpaired) electrons. The Balaban J connectivity index is 2.61. The molecule has 1 aromatic carbocycles. The second-order valence-corrected chi connectivity index (χ2v) is 3.67. The van der Waals surface area contributed by atoms with Crippen LogP contribution in [0.25, 0.3) is 6.08 Å². The summed E-state index contributed by atoms with van der Waals surface area (Å²) >= 11 is 5.71. The van der Waals surface area contributed by atoms with Crippen LogP contribution in [0.1, 0.15) is 18.9 Å². The third-order valence-corrected chi connectivity index (χ3v) is 2.01. The van der Waals surface area contributed by atoms with Crippen molar-refractivity contribution in [2.45, 2.75) is 13.3 Å². The van der Waals surface area contributed by atoms with Crippen molar-refractivity contribution >= 4 is 29.2 Å². The Morgan fingerprint density at radius 1 is 1.27 bits per heavy atom. The van der Waals surface area contributed by atoms with Gasteiger partial charge in [-0.1, -0.05) is 29.8 Å². The van der Waals surface area contributed by atoms with Crippen molar-refractivity contribution in [3.8, 4) is 0 Å². The van der Waals surface area contributed by atoms with Crippen LogP contribution in [0.4, 0.5) is 0 Å². The van der Waals surface area contributed by atoms with Crippen LogP contribution in [0.3, 0.4) is 0 Å². The van der Waals surface area contributed by atoms with Gasteiger partial charge in [0.25, 0.3) is 0 Å². The molecule has 0 fully saturated rings. The Labute approximate surface area is 93.6 Å². The first-order valence-electron chi connectivity index (χ1n) is 4.54. The van der Waals surface area contributed by atoms with Gasteiger partial charge >= 0.3 is 0 Å². The van der Waals surface area contributed by atoms with Crippen molar-refractivity contribution in [1.82, 2.24) is 0 Å². The average molecular weight is 223 g/mol. The quantitative estimate of drug-likeness (QED) is 0.580. The summed E-state index contributed by atoms with van der Waals surface area (Å²) in [5.41, 5.74) is 0.885. The van der Waals surface area contributed by atoms with E-state index < -0.39 is 0 Å². The molecule has 0 aliphatic heterocycles. The third-order valence-electron chi connectivity index (χ3n) is 1.75. The van der Waals surface area contributed by atoms with Gasteiger partial charge in [-0.3, -0.25) is 9.59 Å². The Kier molecular flexibility index (Phi) is 4.25. The standard InChI is InChI=1S/C12H11ClO2/c1-9(14)8-12(15)7-4-10-2-5-11(13)6-3-10/h2-7H,8H2,1H3. The van der Waals surface area contributed by atoms with Crippen molar-refractivity contribution < 1.29 is 9.59 Å². The summed E-state index contributed by atoms with van der Waals surface area (Å²) in [7, 11) is 0. The zero-order chi connectivity index (χ0) is 11.3. The van der Waals surface area contributed by atoms with E-state index in [1.165, 1.54) is 13.0 Å². The van der Waals surface area contributed by atoms with Crippen molar-refractivity contribution in [1.29, 1.82) is 0 Å². The molecule has 0 aromatic heterocycles. The van der Waals surface area contributed by atoms with E-state index in [1.807, 2.05) is 0 Å². The largest absolute Gasteiger partial charge is 0.300 e. The Morgan fingerprint density at radius 3 is 2.40 bits per heavy atom.